The van der Waals surface area contributed by atoms with E-state index in [9.17, 15) is 0 Å². The maximum Gasteiger partial charge on any atom is 0.143 e. The van der Waals surface area contributed by atoms with E-state index in [1.165, 1.54) is 5.56 Å². The minimum atomic E-state index is 0.742. The molecule has 0 unspecified atom stereocenters. The first-order chi connectivity index (χ1) is 8.22. The van der Waals surface area contributed by atoms with Gasteiger partial charge >= 0.3 is 0 Å². The second-order valence-electron chi connectivity index (χ2n) is 4.38. The largest absolute Gasteiger partial charge is 0.353 e. The van der Waals surface area contributed by atoms with Crippen LogP contribution < -0.4 is 10.6 Å². The molecule has 2 heterocycles. The van der Waals surface area contributed by atoms with Gasteiger partial charge in [-0.3, -0.25) is 4.90 Å². The van der Waals surface area contributed by atoms with Gasteiger partial charge in [-0.05, 0) is 34.5 Å². The molecule has 0 spiro atoms. The Morgan fingerprint density at radius 2 is 2.06 bits per heavy atom. The Balaban J connectivity index is 2.03. The number of nitrogens with zero attached hydrogens (tertiary/aromatic N) is 3. The molecule has 1 aromatic heterocycles. The zero-order chi connectivity index (χ0) is 12.3. The van der Waals surface area contributed by atoms with E-state index in [-0.39, 0.29) is 0 Å². The second kappa shape index (κ2) is 5.80. The summed E-state index contributed by atoms with van der Waals surface area (Å²) >= 11 is 3.62. The van der Waals surface area contributed by atoms with Crippen molar-refractivity contribution in [2.45, 2.75) is 6.92 Å². The molecule has 2 rings (SSSR count). The van der Waals surface area contributed by atoms with Crippen LogP contribution in [0.1, 0.15) is 5.56 Å². The highest BCUT2D eigenvalue weighted by atomic mass is 79.9. The SMILES string of the molecule is Cc1ccnc(N2CCN(CCN)CC2)c1Br. The van der Waals surface area contributed by atoms with E-state index in [2.05, 4.69) is 37.6 Å². The van der Waals surface area contributed by atoms with Crippen molar-refractivity contribution in [1.29, 1.82) is 0 Å². The number of aromatic nitrogens is 1. The fourth-order valence-corrected chi connectivity index (χ4v) is 2.60. The molecule has 0 aliphatic carbocycles. The van der Waals surface area contributed by atoms with Gasteiger partial charge in [-0.1, -0.05) is 0 Å². The Bertz CT molecular complexity index is 375. The smallest absolute Gasteiger partial charge is 0.143 e. The van der Waals surface area contributed by atoms with Crippen LogP contribution in [0.3, 0.4) is 0 Å². The molecule has 1 aliphatic heterocycles. The maximum atomic E-state index is 5.57. The standard InChI is InChI=1S/C12H19BrN4/c1-10-2-4-15-12(11(10)13)17-8-6-16(5-3-14)7-9-17/h2,4H,3,5-9,14H2,1H3. The van der Waals surface area contributed by atoms with E-state index < -0.39 is 0 Å². The molecule has 0 saturated carbocycles. The highest BCUT2D eigenvalue weighted by Gasteiger charge is 2.19. The molecule has 5 heteroatoms. The first kappa shape index (κ1) is 12.8. The number of piperazine rings is 1. The number of pyridine rings is 1. The number of anilines is 1. The predicted octanol–water partition coefficient (Wildman–Crippen LogP) is 1.23. The molecule has 0 aromatic carbocycles. The van der Waals surface area contributed by atoms with E-state index >= 15 is 0 Å². The van der Waals surface area contributed by atoms with E-state index in [1.807, 2.05) is 12.3 Å². The minimum Gasteiger partial charge on any atom is -0.353 e. The average molecular weight is 299 g/mol. The molecule has 1 saturated heterocycles. The van der Waals surface area contributed by atoms with Gasteiger partial charge in [0.15, 0.2) is 0 Å². The first-order valence-corrected chi connectivity index (χ1v) is 6.80. The maximum absolute atomic E-state index is 5.57. The van der Waals surface area contributed by atoms with E-state index in [1.54, 1.807) is 0 Å². The molecule has 0 atom stereocenters. The molecule has 0 radical (unpaired) electrons. The van der Waals surface area contributed by atoms with Crippen molar-refractivity contribution >= 4 is 21.7 Å². The topological polar surface area (TPSA) is 45.4 Å². The van der Waals surface area contributed by atoms with Crippen LogP contribution >= 0.6 is 15.9 Å². The Hall–Kier alpha value is -0.650. The van der Waals surface area contributed by atoms with Gasteiger partial charge in [-0.15, -0.1) is 0 Å². The summed E-state index contributed by atoms with van der Waals surface area (Å²) in [7, 11) is 0. The van der Waals surface area contributed by atoms with Crippen molar-refractivity contribution in [3.63, 3.8) is 0 Å². The van der Waals surface area contributed by atoms with Crippen LogP contribution in [0.4, 0.5) is 5.82 Å². The van der Waals surface area contributed by atoms with Gasteiger partial charge in [-0.2, -0.15) is 0 Å². The summed E-state index contributed by atoms with van der Waals surface area (Å²) in [5.41, 5.74) is 6.81. The van der Waals surface area contributed by atoms with Crippen LogP contribution in [-0.2, 0) is 0 Å². The van der Waals surface area contributed by atoms with Crippen LogP contribution in [-0.4, -0.2) is 49.2 Å². The number of aryl methyl sites for hydroxylation is 1. The third kappa shape index (κ3) is 2.97. The van der Waals surface area contributed by atoms with Crippen molar-refractivity contribution in [2.75, 3.05) is 44.2 Å². The molecule has 1 aliphatic rings. The van der Waals surface area contributed by atoms with Crippen LogP contribution in [0.25, 0.3) is 0 Å². The number of rotatable bonds is 3. The summed E-state index contributed by atoms with van der Waals surface area (Å²) in [6, 6.07) is 2.03. The van der Waals surface area contributed by atoms with Crippen LogP contribution in [0, 0.1) is 6.92 Å². The molecular formula is C12H19BrN4. The zero-order valence-electron chi connectivity index (χ0n) is 10.2. The summed E-state index contributed by atoms with van der Waals surface area (Å²) in [6.45, 7) is 8.02. The summed E-state index contributed by atoms with van der Waals surface area (Å²) in [4.78, 5) is 9.21. The molecule has 2 N–H and O–H groups in total. The summed E-state index contributed by atoms with van der Waals surface area (Å²) in [6.07, 6.45) is 1.88. The average Bonchev–Trinajstić information content (AvgIpc) is 2.34. The quantitative estimate of drug-likeness (QED) is 0.912. The highest BCUT2D eigenvalue weighted by molar-refractivity contribution is 9.10. The number of nitrogens with two attached hydrogens (primary N) is 1. The summed E-state index contributed by atoms with van der Waals surface area (Å²) in [5.74, 6) is 1.07. The predicted molar refractivity (Wildman–Crippen MR) is 74.4 cm³/mol. The van der Waals surface area contributed by atoms with E-state index in [0.29, 0.717) is 0 Å². The second-order valence-corrected chi connectivity index (χ2v) is 5.18. The number of halogens is 1. The van der Waals surface area contributed by atoms with Crippen molar-refractivity contribution in [3.05, 3.63) is 22.3 Å². The molecular weight excluding hydrogens is 280 g/mol. The lowest BCUT2D eigenvalue weighted by atomic mass is 10.2. The Kier molecular flexibility index (Phi) is 4.36. The van der Waals surface area contributed by atoms with Gasteiger partial charge in [0.2, 0.25) is 0 Å². The Morgan fingerprint density at radius 3 is 2.71 bits per heavy atom. The van der Waals surface area contributed by atoms with E-state index in [0.717, 1.165) is 49.6 Å². The lowest BCUT2D eigenvalue weighted by molar-refractivity contribution is 0.264. The van der Waals surface area contributed by atoms with Gasteiger partial charge in [0.25, 0.3) is 0 Å². The third-order valence-electron chi connectivity index (χ3n) is 3.18. The molecule has 0 amide bonds. The highest BCUT2D eigenvalue weighted by Crippen LogP contribution is 2.27. The van der Waals surface area contributed by atoms with Crippen molar-refractivity contribution in [2.24, 2.45) is 5.73 Å². The van der Waals surface area contributed by atoms with Gasteiger partial charge in [-0.25, -0.2) is 4.98 Å². The fourth-order valence-electron chi connectivity index (χ4n) is 2.11. The van der Waals surface area contributed by atoms with Gasteiger partial charge in [0.1, 0.15) is 5.82 Å². The van der Waals surface area contributed by atoms with E-state index in [4.69, 9.17) is 5.73 Å². The summed E-state index contributed by atoms with van der Waals surface area (Å²) in [5, 5.41) is 0. The normalized spacial score (nSPS) is 17.5. The zero-order valence-corrected chi connectivity index (χ0v) is 11.8. The monoisotopic (exact) mass is 298 g/mol. The molecule has 4 nitrogen and oxygen atoms in total. The Labute approximate surface area is 111 Å². The van der Waals surface area contributed by atoms with Gasteiger partial charge in [0, 0.05) is 45.5 Å². The van der Waals surface area contributed by atoms with Crippen molar-refractivity contribution < 1.29 is 0 Å². The number of hydrogen-bond donors (Lipinski definition) is 1. The van der Waals surface area contributed by atoms with Gasteiger partial charge in [0.05, 0.1) is 4.47 Å². The summed E-state index contributed by atoms with van der Waals surface area (Å²) < 4.78 is 1.12. The minimum absolute atomic E-state index is 0.742. The molecule has 0 bridgehead atoms. The lowest BCUT2D eigenvalue weighted by Gasteiger charge is -2.35. The third-order valence-corrected chi connectivity index (χ3v) is 4.16. The van der Waals surface area contributed by atoms with Crippen LogP contribution in [0.2, 0.25) is 0 Å². The first-order valence-electron chi connectivity index (χ1n) is 6.01. The van der Waals surface area contributed by atoms with Crippen molar-refractivity contribution in [3.8, 4) is 0 Å². The van der Waals surface area contributed by atoms with Crippen LogP contribution in [0.5, 0.6) is 0 Å². The van der Waals surface area contributed by atoms with Crippen LogP contribution in [0.15, 0.2) is 16.7 Å². The van der Waals surface area contributed by atoms with Crippen molar-refractivity contribution in [1.82, 2.24) is 9.88 Å². The molecule has 1 fully saturated rings. The Morgan fingerprint density at radius 1 is 1.35 bits per heavy atom. The number of hydrogen-bond acceptors (Lipinski definition) is 4. The van der Waals surface area contributed by atoms with Gasteiger partial charge < -0.3 is 10.6 Å². The molecule has 17 heavy (non-hydrogen) atoms. The molecule has 94 valence electrons. The lowest BCUT2D eigenvalue weighted by Crippen LogP contribution is -2.48. The molecule has 1 aromatic rings. The fraction of sp³-hybridized carbons (Fsp3) is 0.583.